The molecule has 8 unspecified atom stereocenters. The van der Waals surface area contributed by atoms with Crippen LogP contribution in [-0.2, 0) is 23.8 Å². The molecule has 0 aliphatic carbocycles. The van der Waals surface area contributed by atoms with E-state index in [4.69, 9.17) is 14.2 Å². The first-order valence-corrected chi connectivity index (χ1v) is 28.6. The van der Waals surface area contributed by atoms with Gasteiger partial charge in [0.2, 0.25) is 5.91 Å². The molecule has 1 aliphatic rings. The summed E-state index contributed by atoms with van der Waals surface area (Å²) in [4.78, 5) is 26.4. The number of allylic oxidation sites excluding steroid dienone is 3. The third kappa shape index (κ3) is 34.5. The third-order valence-electron chi connectivity index (χ3n) is 13.6. The summed E-state index contributed by atoms with van der Waals surface area (Å²) in [5, 5.41) is 56.7. The number of carbonyl (C=O) groups is 2. The predicted molar refractivity (Wildman–Crippen MR) is 278 cm³/mol. The molecule has 0 spiro atoms. The predicted octanol–water partition coefficient (Wildman–Crippen LogP) is 12.6. The van der Waals surface area contributed by atoms with Crippen LogP contribution < -0.4 is 5.32 Å². The highest BCUT2D eigenvalue weighted by molar-refractivity contribution is 5.80. The highest BCUT2D eigenvalue weighted by Gasteiger charge is 2.47. The van der Waals surface area contributed by atoms with Gasteiger partial charge in [-0.1, -0.05) is 231 Å². The van der Waals surface area contributed by atoms with Crippen LogP contribution in [0, 0.1) is 0 Å². The van der Waals surface area contributed by atoms with Crippen molar-refractivity contribution in [2.75, 3.05) is 13.2 Å². The zero-order chi connectivity index (χ0) is 49.7. The number of hydrogen-bond acceptors (Lipinski definition) is 10. The van der Waals surface area contributed by atoms with Crippen LogP contribution in [0.3, 0.4) is 0 Å². The first-order chi connectivity index (χ1) is 33.2. The lowest BCUT2D eigenvalue weighted by molar-refractivity contribution is -0.305. The minimum absolute atomic E-state index is 0.107. The summed E-state index contributed by atoms with van der Waals surface area (Å²) in [5.74, 6) is -1.20. The summed E-state index contributed by atoms with van der Waals surface area (Å²) in [5.41, 5.74) is 0. The Labute approximate surface area is 416 Å². The molecule has 0 radical (unpaired) electrons. The largest absolute Gasteiger partial charge is 0.454 e. The highest BCUT2D eigenvalue weighted by Crippen LogP contribution is 2.26. The van der Waals surface area contributed by atoms with Crippen LogP contribution in [0.2, 0.25) is 0 Å². The Morgan fingerprint density at radius 3 is 1.43 bits per heavy atom. The second-order valence-corrected chi connectivity index (χ2v) is 20.0. The summed E-state index contributed by atoms with van der Waals surface area (Å²) in [7, 11) is 0. The first kappa shape index (κ1) is 64.2. The average molecular weight is 966 g/mol. The molecule has 0 bridgehead atoms. The van der Waals surface area contributed by atoms with Gasteiger partial charge in [-0.2, -0.15) is 0 Å². The Hall–Kier alpha value is -1.86. The fraction of sp³-hybridized carbons (Fsp3) is 0.895. The summed E-state index contributed by atoms with van der Waals surface area (Å²) in [6.07, 6.45) is 40.8. The third-order valence-corrected chi connectivity index (χ3v) is 13.6. The summed E-state index contributed by atoms with van der Waals surface area (Å²) >= 11 is 0. The zero-order valence-electron chi connectivity index (χ0n) is 44.0. The van der Waals surface area contributed by atoms with Crippen LogP contribution in [0.5, 0.6) is 0 Å². The Bertz CT molecular complexity index is 1200. The second-order valence-electron chi connectivity index (χ2n) is 20.0. The molecule has 0 aromatic rings. The Morgan fingerprint density at radius 2 is 0.971 bits per heavy atom. The average Bonchev–Trinajstić information content (AvgIpc) is 3.33. The normalized spacial score (nSPS) is 20.0. The minimum atomic E-state index is -1.61. The van der Waals surface area contributed by atoms with Crippen LogP contribution in [0.25, 0.3) is 0 Å². The van der Waals surface area contributed by atoms with Crippen LogP contribution in [-0.4, -0.2) is 99.6 Å². The van der Waals surface area contributed by atoms with Crippen molar-refractivity contribution in [1.82, 2.24) is 5.32 Å². The lowest BCUT2D eigenvalue weighted by atomic mass is 9.99. The molecule has 0 saturated carbocycles. The molecule has 0 aromatic heterocycles. The van der Waals surface area contributed by atoms with Crippen LogP contribution in [0.4, 0.5) is 0 Å². The molecule has 400 valence electrons. The van der Waals surface area contributed by atoms with E-state index < -0.39 is 67.4 Å². The number of unbranched alkanes of at least 4 members (excludes halogenated alkanes) is 32. The van der Waals surface area contributed by atoms with Gasteiger partial charge in [0.1, 0.15) is 24.4 Å². The maximum absolute atomic E-state index is 13.3. The van der Waals surface area contributed by atoms with E-state index in [1.165, 1.54) is 154 Å². The van der Waals surface area contributed by atoms with Crippen LogP contribution in [0.15, 0.2) is 24.3 Å². The number of nitrogens with one attached hydrogen (secondary N) is 1. The van der Waals surface area contributed by atoms with Gasteiger partial charge in [0, 0.05) is 6.42 Å². The quantitative estimate of drug-likeness (QED) is 0.0196. The number of aliphatic hydroxyl groups excluding tert-OH is 5. The molecule has 11 nitrogen and oxygen atoms in total. The number of carbonyl (C=O) groups excluding carboxylic acids is 2. The topological polar surface area (TPSA) is 175 Å². The molecule has 6 N–H and O–H groups in total. The van der Waals surface area contributed by atoms with E-state index in [-0.39, 0.29) is 13.0 Å². The minimum Gasteiger partial charge on any atom is -0.454 e. The number of aliphatic hydroxyl groups is 5. The molecule has 1 saturated heterocycles. The van der Waals surface area contributed by atoms with Gasteiger partial charge in [0.15, 0.2) is 12.4 Å². The van der Waals surface area contributed by atoms with Crippen molar-refractivity contribution in [3.63, 3.8) is 0 Å². The SMILES string of the molecule is CCCCCCCCC/C=C\CCCCCC(=O)OC1C(OCC(NC(=O)C(O)CCCCCCCCCCCCCC)C(O)/C=C/CCCCCCCCCCCCC)OC(CO)C(O)C1O. The highest BCUT2D eigenvalue weighted by atomic mass is 16.7. The van der Waals surface area contributed by atoms with Crippen molar-refractivity contribution in [3.8, 4) is 0 Å². The molecule has 0 aromatic carbocycles. The Kier molecular flexibility index (Phi) is 43.6. The molecular formula is C57H107NO10. The number of hydrogen-bond donors (Lipinski definition) is 6. The van der Waals surface area contributed by atoms with Gasteiger partial charge in [-0.25, -0.2) is 0 Å². The molecule has 8 atom stereocenters. The van der Waals surface area contributed by atoms with E-state index >= 15 is 0 Å². The van der Waals surface area contributed by atoms with Gasteiger partial charge >= 0.3 is 5.97 Å². The standard InChI is InChI=1S/C57H107NO10/c1-4-7-10-13-16-19-22-25-27-30-33-36-39-42-45-52(62)68-55-54(64)53(63)51(46-59)67-57(55)66-47-48(49(60)43-40-37-34-31-29-26-23-20-17-14-11-8-5-2)58-56(65)50(61)44-41-38-35-32-28-24-21-18-15-12-9-6-3/h27,30,40,43,48-51,53-55,57,59-61,63-64H,4-26,28-29,31-39,41-42,44-47H2,1-3H3,(H,58,65)/b30-27-,43-40+. The first-order valence-electron chi connectivity index (χ1n) is 28.6. The molecule has 1 heterocycles. The molecule has 1 aliphatic heterocycles. The van der Waals surface area contributed by atoms with Crippen molar-refractivity contribution in [2.24, 2.45) is 0 Å². The van der Waals surface area contributed by atoms with Gasteiger partial charge in [-0.05, 0) is 51.4 Å². The molecule has 1 fully saturated rings. The van der Waals surface area contributed by atoms with Crippen molar-refractivity contribution in [3.05, 3.63) is 24.3 Å². The maximum atomic E-state index is 13.3. The van der Waals surface area contributed by atoms with Gasteiger partial charge in [0.25, 0.3) is 0 Å². The molecule has 11 heteroatoms. The fourth-order valence-electron chi connectivity index (χ4n) is 9.00. The summed E-state index contributed by atoms with van der Waals surface area (Å²) in [6.45, 7) is 5.77. The van der Waals surface area contributed by atoms with E-state index in [1.54, 1.807) is 6.08 Å². The monoisotopic (exact) mass is 966 g/mol. The molecule has 1 amide bonds. The van der Waals surface area contributed by atoms with Crippen LogP contribution >= 0.6 is 0 Å². The van der Waals surface area contributed by atoms with E-state index in [2.05, 4.69) is 38.2 Å². The van der Waals surface area contributed by atoms with E-state index in [1.807, 2.05) is 6.08 Å². The molecular weight excluding hydrogens is 859 g/mol. The Morgan fingerprint density at radius 1 is 0.559 bits per heavy atom. The van der Waals surface area contributed by atoms with Gasteiger partial charge in [-0.15, -0.1) is 0 Å². The zero-order valence-corrected chi connectivity index (χ0v) is 44.0. The fourth-order valence-corrected chi connectivity index (χ4v) is 9.00. The van der Waals surface area contributed by atoms with Gasteiger partial charge in [0.05, 0.1) is 25.4 Å². The van der Waals surface area contributed by atoms with Crippen molar-refractivity contribution >= 4 is 11.9 Å². The number of ether oxygens (including phenoxy) is 3. The summed E-state index contributed by atoms with van der Waals surface area (Å²) < 4.78 is 17.5. The summed E-state index contributed by atoms with van der Waals surface area (Å²) in [6, 6.07) is -1.02. The van der Waals surface area contributed by atoms with Crippen molar-refractivity contribution in [1.29, 1.82) is 0 Å². The van der Waals surface area contributed by atoms with Crippen molar-refractivity contribution in [2.45, 2.75) is 314 Å². The van der Waals surface area contributed by atoms with E-state index in [9.17, 15) is 35.1 Å². The molecule has 1 rings (SSSR count). The van der Waals surface area contributed by atoms with E-state index in [0.29, 0.717) is 19.3 Å². The van der Waals surface area contributed by atoms with E-state index in [0.717, 1.165) is 64.2 Å². The second kappa shape index (κ2) is 46.2. The maximum Gasteiger partial charge on any atom is 0.306 e. The molecule has 68 heavy (non-hydrogen) atoms. The lowest BCUT2D eigenvalue weighted by Gasteiger charge is -2.41. The number of rotatable bonds is 48. The lowest BCUT2D eigenvalue weighted by Crippen LogP contribution is -2.61. The number of esters is 1. The smallest absolute Gasteiger partial charge is 0.306 e. The Balaban J connectivity index is 2.75. The van der Waals surface area contributed by atoms with Gasteiger partial charge < -0.3 is 45.1 Å². The van der Waals surface area contributed by atoms with Crippen LogP contribution in [0.1, 0.15) is 265 Å². The van der Waals surface area contributed by atoms with Gasteiger partial charge in [-0.3, -0.25) is 9.59 Å². The van der Waals surface area contributed by atoms with Crippen molar-refractivity contribution < 1.29 is 49.3 Å². The number of amides is 1.